The fourth-order valence-corrected chi connectivity index (χ4v) is 1.53. The third-order valence-corrected chi connectivity index (χ3v) is 2.38. The molecule has 7 heteroatoms. The molecule has 0 aliphatic heterocycles. The van der Waals surface area contributed by atoms with Crippen LogP contribution in [0.3, 0.4) is 0 Å². The standard InChI is InChI=1S/C14H10O2.Na.H2O3S/c15-10-14(16)13-8-6-12(7-9-13)11-4-2-1-3-5-11;;1-4(2)3/h1-10H;;(H2,1,2,3). The number of benzene rings is 2. The zero-order valence-electron chi connectivity index (χ0n) is 11.3. The average Bonchev–Trinajstić information content (AvgIpc) is 2.47. The zero-order chi connectivity index (χ0) is 15.0. The van der Waals surface area contributed by atoms with Crippen LogP contribution in [0.15, 0.2) is 54.6 Å². The van der Waals surface area contributed by atoms with Crippen LogP contribution in [0.5, 0.6) is 0 Å². The predicted molar refractivity (Wildman–Crippen MR) is 81.4 cm³/mol. The summed E-state index contributed by atoms with van der Waals surface area (Å²) in [6.45, 7) is 0. The van der Waals surface area contributed by atoms with Gasteiger partial charge in [0.2, 0.25) is 5.78 Å². The van der Waals surface area contributed by atoms with E-state index in [1.807, 2.05) is 42.5 Å². The van der Waals surface area contributed by atoms with Gasteiger partial charge in [0.05, 0.1) is 0 Å². The monoisotopic (exact) mass is 315 g/mol. The second kappa shape index (κ2) is 10.6. The molecule has 2 rings (SSSR count). The van der Waals surface area contributed by atoms with Gasteiger partial charge in [0.15, 0.2) is 6.29 Å². The number of ketones is 1. The first-order chi connectivity index (χ1) is 9.54. The second-order valence-corrected chi connectivity index (χ2v) is 4.12. The minimum absolute atomic E-state index is 0. The summed E-state index contributed by atoms with van der Waals surface area (Å²) in [6.07, 6.45) is 0.331. The molecule has 0 aliphatic rings. The molecule has 5 nitrogen and oxygen atoms in total. The molecular weight excluding hydrogens is 303 g/mol. The van der Waals surface area contributed by atoms with Gasteiger partial charge in [0.1, 0.15) is 0 Å². The van der Waals surface area contributed by atoms with Crippen molar-refractivity contribution in [3.8, 4) is 11.1 Å². The molecule has 21 heavy (non-hydrogen) atoms. The van der Waals surface area contributed by atoms with Gasteiger partial charge >= 0.3 is 0 Å². The SMILES string of the molecule is O=CC(=O)c1ccc(-c2ccccc2)cc1.O=S(O)O.[Na]. The Balaban J connectivity index is 0.000000715. The molecule has 0 saturated heterocycles. The second-order valence-electron chi connectivity index (χ2n) is 3.66. The van der Waals surface area contributed by atoms with Crippen LogP contribution in [0.1, 0.15) is 10.4 Å². The van der Waals surface area contributed by atoms with Crippen LogP contribution in [-0.4, -0.2) is 54.9 Å². The topological polar surface area (TPSA) is 91.7 Å². The zero-order valence-corrected chi connectivity index (χ0v) is 14.1. The molecule has 0 unspecified atom stereocenters. The van der Waals surface area contributed by atoms with Gasteiger partial charge < -0.3 is 0 Å². The summed E-state index contributed by atoms with van der Waals surface area (Å²) in [5, 5.41) is 0. The van der Waals surface area contributed by atoms with Crippen LogP contribution < -0.4 is 0 Å². The summed E-state index contributed by atoms with van der Waals surface area (Å²) in [5.41, 5.74) is 2.55. The summed E-state index contributed by atoms with van der Waals surface area (Å²) >= 11 is -2.61. The van der Waals surface area contributed by atoms with Crippen molar-refractivity contribution >= 4 is 53.0 Å². The fraction of sp³-hybridized carbons (Fsp3) is 0. The normalized spacial score (nSPS) is 9.10. The van der Waals surface area contributed by atoms with Gasteiger partial charge in [-0.05, 0) is 11.1 Å². The number of hydrogen-bond donors (Lipinski definition) is 2. The number of carbonyl (C=O) groups excluding carboxylic acids is 2. The van der Waals surface area contributed by atoms with E-state index in [2.05, 4.69) is 0 Å². The maximum absolute atomic E-state index is 11.1. The Kier molecular flexibility index (Phi) is 9.98. The van der Waals surface area contributed by atoms with Gasteiger partial charge in [0.25, 0.3) is 11.4 Å². The molecular formula is C14H12NaO5S. The van der Waals surface area contributed by atoms with E-state index in [1.54, 1.807) is 12.1 Å². The Morgan fingerprint density at radius 2 is 1.33 bits per heavy atom. The third kappa shape index (κ3) is 7.42. The van der Waals surface area contributed by atoms with Crippen LogP contribution in [0, 0.1) is 0 Å². The smallest absolute Gasteiger partial charge is 0.294 e. The van der Waals surface area contributed by atoms with Gasteiger partial charge in [-0.2, -0.15) is 4.21 Å². The van der Waals surface area contributed by atoms with Crippen LogP contribution >= 0.6 is 0 Å². The Morgan fingerprint density at radius 3 is 1.76 bits per heavy atom. The number of hydrogen-bond acceptors (Lipinski definition) is 3. The van der Waals surface area contributed by atoms with Crippen LogP contribution in [0.2, 0.25) is 0 Å². The molecule has 0 atom stereocenters. The molecule has 1 radical (unpaired) electrons. The fourth-order valence-electron chi connectivity index (χ4n) is 1.53. The predicted octanol–water partition coefficient (Wildman–Crippen LogP) is 2.04. The van der Waals surface area contributed by atoms with Gasteiger partial charge in [-0.3, -0.25) is 18.7 Å². The summed E-state index contributed by atoms with van der Waals surface area (Å²) < 4.78 is 22.8. The van der Waals surface area contributed by atoms with Crippen molar-refractivity contribution in [2.45, 2.75) is 0 Å². The summed E-state index contributed by atoms with van der Waals surface area (Å²) in [7, 11) is 0. The van der Waals surface area contributed by atoms with Crippen molar-refractivity contribution < 1.29 is 22.9 Å². The maximum atomic E-state index is 11.1. The van der Waals surface area contributed by atoms with E-state index in [0.717, 1.165) is 11.1 Å². The molecule has 0 saturated carbocycles. The first kappa shape index (κ1) is 19.9. The van der Waals surface area contributed by atoms with Crippen LogP contribution in [-0.2, 0) is 16.2 Å². The molecule has 0 bridgehead atoms. The Bertz CT molecular complexity index is 595. The van der Waals surface area contributed by atoms with E-state index in [-0.39, 0.29) is 29.6 Å². The van der Waals surface area contributed by atoms with Crippen molar-refractivity contribution in [1.82, 2.24) is 0 Å². The Morgan fingerprint density at radius 1 is 0.905 bits per heavy atom. The molecule has 2 aromatic rings. The Labute approximate surface area is 146 Å². The molecule has 0 amide bonds. The molecule has 2 N–H and O–H groups in total. The van der Waals surface area contributed by atoms with Gasteiger partial charge in [-0.1, -0.05) is 54.6 Å². The van der Waals surface area contributed by atoms with E-state index in [9.17, 15) is 9.59 Å². The minimum atomic E-state index is -2.61. The van der Waals surface area contributed by atoms with Crippen molar-refractivity contribution in [3.05, 3.63) is 60.2 Å². The summed E-state index contributed by atoms with van der Waals surface area (Å²) in [5.74, 6) is -0.486. The quantitative estimate of drug-likeness (QED) is 0.297. The average molecular weight is 315 g/mol. The number of Topliss-reactive ketones (excluding diaryl/α,β-unsaturated/α-hetero) is 1. The van der Waals surface area contributed by atoms with Gasteiger partial charge in [-0.25, -0.2) is 0 Å². The van der Waals surface area contributed by atoms with E-state index in [4.69, 9.17) is 13.3 Å². The minimum Gasteiger partial charge on any atom is -0.294 e. The van der Waals surface area contributed by atoms with Crippen molar-refractivity contribution in [3.63, 3.8) is 0 Å². The first-order valence-electron chi connectivity index (χ1n) is 5.49. The van der Waals surface area contributed by atoms with Gasteiger partial charge in [-0.15, -0.1) is 0 Å². The molecule has 0 fully saturated rings. The third-order valence-electron chi connectivity index (χ3n) is 2.38. The summed E-state index contributed by atoms with van der Waals surface area (Å²) in [6, 6.07) is 16.9. The molecule has 0 aromatic heterocycles. The maximum Gasteiger partial charge on any atom is 0.299 e. The number of aldehydes is 1. The van der Waals surface area contributed by atoms with Gasteiger partial charge in [0, 0.05) is 35.1 Å². The van der Waals surface area contributed by atoms with Crippen molar-refractivity contribution in [2.75, 3.05) is 0 Å². The number of rotatable bonds is 3. The van der Waals surface area contributed by atoms with E-state index < -0.39 is 17.1 Å². The van der Waals surface area contributed by atoms with Crippen molar-refractivity contribution in [2.24, 2.45) is 0 Å². The van der Waals surface area contributed by atoms with E-state index >= 15 is 0 Å². The first-order valence-corrected chi connectivity index (χ1v) is 6.56. The molecule has 2 aromatic carbocycles. The molecule has 0 aliphatic carbocycles. The molecule has 0 heterocycles. The molecule has 105 valence electrons. The van der Waals surface area contributed by atoms with E-state index in [0.29, 0.717) is 11.8 Å². The van der Waals surface area contributed by atoms with Crippen LogP contribution in [0.4, 0.5) is 0 Å². The largest absolute Gasteiger partial charge is 0.299 e. The van der Waals surface area contributed by atoms with Crippen LogP contribution in [0.25, 0.3) is 11.1 Å². The molecule has 0 spiro atoms. The van der Waals surface area contributed by atoms with Crippen molar-refractivity contribution in [1.29, 1.82) is 0 Å². The van der Waals surface area contributed by atoms with E-state index in [1.165, 1.54) is 0 Å². The number of carbonyl (C=O) groups is 2. The summed E-state index contributed by atoms with van der Waals surface area (Å²) in [4.78, 5) is 21.4. The Hall–Kier alpha value is -1.15.